The van der Waals surface area contributed by atoms with Gasteiger partial charge in [-0.05, 0) is 57.0 Å². The highest BCUT2D eigenvalue weighted by Gasteiger charge is 2.07. The molecule has 0 fully saturated rings. The molecule has 0 aromatic heterocycles. The van der Waals surface area contributed by atoms with Gasteiger partial charge >= 0.3 is 0 Å². The van der Waals surface area contributed by atoms with Gasteiger partial charge in [0, 0.05) is 6.07 Å². The van der Waals surface area contributed by atoms with Crippen molar-refractivity contribution in [2.24, 2.45) is 10.7 Å². The van der Waals surface area contributed by atoms with E-state index in [1.54, 1.807) is 0 Å². The molecule has 154 valence electrons. The fraction of sp³-hybridized carbons (Fsp3) is 0.381. The molecule has 2 rings (SSSR count). The number of aliphatic imine (C=N–C) groups is 1. The summed E-state index contributed by atoms with van der Waals surface area (Å²) in [6.45, 7) is 10.2. The number of ether oxygens (including phenoxy) is 3. The van der Waals surface area contributed by atoms with Crippen LogP contribution in [0.15, 0.2) is 41.4 Å². The van der Waals surface area contributed by atoms with Gasteiger partial charge in [0.2, 0.25) is 0 Å². The fourth-order valence-electron chi connectivity index (χ4n) is 2.63. The maximum absolute atomic E-state index is 6.08. The molecule has 0 aliphatic carbocycles. The van der Waals surface area contributed by atoms with Crippen LogP contribution in [0, 0.1) is 6.92 Å². The number of anilines is 1. The molecule has 3 N–H and O–H groups in total. The third kappa shape index (κ3) is 7.10. The molecule has 0 heterocycles. The molecule has 7 heteroatoms. The van der Waals surface area contributed by atoms with Gasteiger partial charge in [-0.1, -0.05) is 12.1 Å². The maximum Gasteiger partial charge on any atom is 0.193 e. The second kappa shape index (κ2) is 12.3. The predicted molar refractivity (Wildman–Crippen MR) is 125 cm³/mol. The average molecular weight is 499 g/mol. The largest absolute Gasteiger partial charge is 0.494 e. The van der Waals surface area contributed by atoms with Crippen LogP contribution in [0.2, 0.25) is 0 Å². The molecule has 6 nitrogen and oxygen atoms in total. The minimum atomic E-state index is 0. The number of nitrogens with zero attached hydrogens (tertiary/aromatic N) is 1. The lowest BCUT2D eigenvalue weighted by atomic mass is 10.1. The van der Waals surface area contributed by atoms with E-state index < -0.39 is 0 Å². The zero-order valence-corrected chi connectivity index (χ0v) is 19.3. The minimum absolute atomic E-state index is 0. The quantitative estimate of drug-likeness (QED) is 0.296. The van der Waals surface area contributed by atoms with E-state index in [4.69, 9.17) is 19.9 Å². The molecule has 0 radical (unpaired) electrons. The van der Waals surface area contributed by atoms with Gasteiger partial charge in [0.25, 0.3) is 0 Å². The van der Waals surface area contributed by atoms with Crippen LogP contribution in [-0.2, 0) is 6.54 Å². The summed E-state index contributed by atoms with van der Waals surface area (Å²) in [5.41, 5.74) is 8.95. The number of hydrogen-bond donors (Lipinski definition) is 2. The van der Waals surface area contributed by atoms with Crippen molar-refractivity contribution in [3.63, 3.8) is 0 Å². The van der Waals surface area contributed by atoms with Crippen LogP contribution >= 0.6 is 24.0 Å². The Hall–Kier alpha value is -2.16. The van der Waals surface area contributed by atoms with Crippen molar-refractivity contribution in [1.82, 2.24) is 0 Å². The molecule has 28 heavy (non-hydrogen) atoms. The number of benzene rings is 2. The van der Waals surface area contributed by atoms with Gasteiger partial charge in [0.1, 0.15) is 17.2 Å². The fourth-order valence-corrected chi connectivity index (χ4v) is 2.63. The second-order valence-electron chi connectivity index (χ2n) is 5.88. The SMILES string of the molecule is CCOc1ccc(OCC)c(NC(N)=NCc2ccc(OCC)c(C)c2)c1.I. The number of halogens is 1. The van der Waals surface area contributed by atoms with Gasteiger partial charge in [-0.3, -0.25) is 0 Å². The lowest BCUT2D eigenvalue weighted by molar-refractivity contribution is 0.332. The molecule has 0 saturated carbocycles. The van der Waals surface area contributed by atoms with E-state index in [9.17, 15) is 0 Å². The summed E-state index contributed by atoms with van der Waals surface area (Å²) in [7, 11) is 0. The average Bonchev–Trinajstić information content (AvgIpc) is 2.65. The summed E-state index contributed by atoms with van der Waals surface area (Å²) in [5.74, 6) is 2.66. The van der Waals surface area contributed by atoms with Crippen molar-refractivity contribution in [2.45, 2.75) is 34.2 Å². The summed E-state index contributed by atoms with van der Waals surface area (Å²) in [5, 5.41) is 3.11. The second-order valence-corrected chi connectivity index (χ2v) is 5.88. The molecule has 0 aliphatic rings. The monoisotopic (exact) mass is 499 g/mol. The van der Waals surface area contributed by atoms with Gasteiger partial charge in [0.05, 0.1) is 32.1 Å². The maximum atomic E-state index is 6.08. The molecule has 0 bridgehead atoms. The summed E-state index contributed by atoms with van der Waals surface area (Å²) in [6.07, 6.45) is 0. The number of hydrogen-bond acceptors (Lipinski definition) is 4. The summed E-state index contributed by atoms with van der Waals surface area (Å²) in [4.78, 5) is 4.43. The van der Waals surface area contributed by atoms with Gasteiger partial charge in [0.15, 0.2) is 5.96 Å². The van der Waals surface area contributed by atoms with Crippen LogP contribution in [0.25, 0.3) is 0 Å². The van der Waals surface area contributed by atoms with Crippen molar-refractivity contribution >= 4 is 35.6 Å². The van der Waals surface area contributed by atoms with Gasteiger partial charge in [-0.2, -0.15) is 0 Å². The molecular formula is C21H30IN3O3. The first-order valence-electron chi connectivity index (χ1n) is 9.26. The highest BCUT2D eigenvalue weighted by Crippen LogP contribution is 2.29. The molecular weight excluding hydrogens is 469 g/mol. The van der Waals surface area contributed by atoms with E-state index >= 15 is 0 Å². The standard InChI is InChI=1S/C21H29N3O3.HI/c1-5-25-17-9-11-20(27-7-3)18(13-17)24-21(22)23-14-16-8-10-19(26-6-2)15(4)12-16;/h8-13H,5-7,14H2,1-4H3,(H3,22,23,24);1H. The van der Waals surface area contributed by atoms with Crippen molar-refractivity contribution < 1.29 is 14.2 Å². The molecule has 0 aliphatic heterocycles. The molecule has 2 aromatic rings. The van der Waals surface area contributed by atoms with Crippen LogP contribution < -0.4 is 25.3 Å². The van der Waals surface area contributed by atoms with E-state index in [0.717, 1.165) is 28.3 Å². The summed E-state index contributed by atoms with van der Waals surface area (Å²) >= 11 is 0. The first-order valence-corrected chi connectivity index (χ1v) is 9.26. The topological polar surface area (TPSA) is 78.1 Å². The van der Waals surface area contributed by atoms with Crippen LogP contribution in [0.4, 0.5) is 5.69 Å². The van der Waals surface area contributed by atoms with E-state index in [-0.39, 0.29) is 24.0 Å². The number of nitrogens with two attached hydrogens (primary N) is 1. The highest BCUT2D eigenvalue weighted by atomic mass is 127. The smallest absolute Gasteiger partial charge is 0.193 e. The van der Waals surface area contributed by atoms with Crippen molar-refractivity contribution in [1.29, 1.82) is 0 Å². The highest BCUT2D eigenvalue weighted by molar-refractivity contribution is 14.0. The van der Waals surface area contributed by atoms with Crippen LogP contribution in [-0.4, -0.2) is 25.8 Å². The van der Waals surface area contributed by atoms with E-state index in [0.29, 0.717) is 38.1 Å². The van der Waals surface area contributed by atoms with Gasteiger partial charge in [-0.15, -0.1) is 24.0 Å². The molecule has 0 saturated heterocycles. The number of nitrogens with one attached hydrogen (secondary N) is 1. The third-order valence-corrected chi connectivity index (χ3v) is 3.80. The van der Waals surface area contributed by atoms with Crippen molar-refractivity contribution in [3.05, 3.63) is 47.5 Å². The van der Waals surface area contributed by atoms with Crippen LogP contribution in [0.5, 0.6) is 17.2 Å². The summed E-state index contributed by atoms with van der Waals surface area (Å²) in [6, 6.07) is 11.6. The van der Waals surface area contributed by atoms with Crippen molar-refractivity contribution in [3.8, 4) is 17.2 Å². The van der Waals surface area contributed by atoms with E-state index in [1.807, 2.05) is 58.0 Å². The molecule has 2 aromatic carbocycles. The van der Waals surface area contributed by atoms with Crippen LogP contribution in [0.1, 0.15) is 31.9 Å². The zero-order valence-electron chi connectivity index (χ0n) is 17.0. The number of guanidine groups is 1. The Morgan fingerprint density at radius 3 is 2.21 bits per heavy atom. The minimum Gasteiger partial charge on any atom is -0.494 e. The lowest BCUT2D eigenvalue weighted by Crippen LogP contribution is -2.23. The Morgan fingerprint density at radius 1 is 0.929 bits per heavy atom. The Kier molecular flexibility index (Phi) is 10.5. The third-order valence-electron chi connectivity index (χ3n) is 3.80. The molecule has 0 amide bonds. The lowest BCUT2D eigenvalue weighted by Gasteiger charge is -2.14. The van der Waals surface area contributed by atoms with Crippen LogP contribution in [0.3, 0.4) is 0 Å². The first-order chi connectivity index (χ1) is 13.1. The van der Waals surface area contributed by atoms with E-state index in [1.165, 1.54) is 0 Å². The Bertz CT molecular complexity index is 781. The molecule has 0 spiro atoms. The normalized spacial score (nSPS) is 10.8. The Morgan fingerprint density at radius 2 is 1.57 bits per heavy atom. The predicted octanol–water partition coefficient (Wildman–Crippen LogP) is 4.74. The summed E-state index contributed by atoms with van der Waals surface area (Å²) < 4.78 is 16.8. The Labute approximate surface area is 184 Å². The molecule has 0 unspecified atom stereocenters. The van der Waals surface area contributed by atoms with Crippen molar-refractivity contribution in [2.75, 3.05) is 25.1 Å². The van der Waals surface area contributed by atoms with E-state index in [2.05, 4.69) is 16.4 Å². The Balaban J connectivity index is 0.00000392. The molecule has 0 atom stereocenters. The number of aryl methyl sites for hydroxylation is 1. The first kappa shape index (κ1) is 23.9. The van der Waals surface area contributed by atoms with Gasteiger partial charge < -0.3 is 25.3 Å². The number of rotatable bonds is 9. The van der Waals surface area contributed by atoms with Gasteiger partial charge in [-0.25, -0.2) is 4.99 Å². The zero-order chi connectivity index (χ0) is 19.6.